The molecular formula is C26H23ClN9NaO11S3. The van der Waals surface area contributed by atoms with E-state index in [1.165, 1.54) is 19.2 Å². The number of carbonyl (C=O) groups is 5. The number of benzene rings is 1. The SMILES string of the molecule is CC(C)(O/N=C(\C(=O)NC1C(=O)N2C(C(=O)[O-])=C(CSc3nnnn3-c3cc(O)c(O)c(Cl)c3CC(=O)O)CS[C@@H]12)c1csc(N)n1)C(=O)O.[Na+]. The molecule has 1 fully saturated rings. The number of nitrogens with two attached hydrogens (primary N) is 1. The minimum absolute atomic E-state index is 0. The molecular weight excluding hydrogens is 769 g/mol. The summed E-state index contributed by atoms with van der Waals surface area (Å²) in [4.78, 5) is 71.9. The van der Waals surface area contributed by atoms with Crippen molar-refractivity contribution in [2.75, 3.05) is 17.2 Å². The minimum Gasteiger partial charge on any atom is -0.543 e. The van der Waals surface area contributed by atoms with Crippen molar-refractivity contribution in [3.05, 3.63) is 39.0 Å². The molecule has 2 aliphatic heterocycles. The van der Waals surface area contributed by atoms with Gasteiger partial charge >= 0.3 is 41.5 Å². The molecule has 0 saturated carbocycles. The topological polar surface area (TPSA) is 309 Å². The van der Waals surface area contributed by atoms with Crippen LogP contribution in [0.25, 0.3) is 5.69 Å². The molecule has 264 valence electrons. The molecule has 0 radical (unpaired) electrons. The summed E-state index contributed by atoms with van der Waals surface area (Å²) in [6, 6.07) is -0.213. The molecule has 4 heterocycles. The predicted octanol–water partition coefficient (Wildman–Crippen LogP) is -3.82. The number of aromatic hydroxyl groups is 2. The summed E-state index contributed by atoms with van der Waals surface area (Å²) in [5.41, 5.74) is 2.93. The molecule has 20 nitrogen and oxygen atoms in total. The second kappa shape index (κ2) is 15.6. The number of aromatic nitrogens is 5. The average molecular weight is 792 g/mol. The molecule has 0 spiro atoms. The zero-order valence-electron chi connectivity index (χ0n) is 26.4. The van der Waals surface area contributed by atoms with E-state index in [4.69, 9.17) is 22.2 Å². The summed E-state index contributed by atoms with van der Waals surface area (Å²) in [5, 5.41) is 68.8. The maximum atomic E-state index is 13.3. The Labute approximate surface area is 325 Å². The van der Waals surface area contributed by atoms with Crippen molar-refractivity contribution in [2.24, 2.45) is 5.16 Å². The zero-order valence-corrected chi connectivity index (χ0v) is 31.6. The first kappa shape index (κ1) is 39.7. The first-order valence-electron chi connectivity index (χ1n) is 13.8. The van der Waals surface area contributed by atoms with E-state index in [1.807, 2.05) is 0 Å². The average Bonchev–Trinajstić information content (AvgIpc) is 3.70. The van der Waals surface area contributed by atoms with Crippen molar-refractivity contribution in [2.45, 2.75) is 42.4 Å². The van der Waals surface area contributed by atoms with Crippen LogP contribution in [-0.2, 0) is 35.2 Å². The van der Waals surface area contributed by atoms with Gasteiger partial charge in [0.25, 0.3) is 11.8 Å². The number of anilines is 1. The fraction of sp³-hybridized carbons (Fsp3) is 0.308. The molecule has 2 amide bonds. The van der Waals surface area contributed by atoms with Crippen LogP contribution in [0.2, 0.25) is 5.02 Å². The van der Waals surface area contributed by atoms with Crippen molar-refractivity contribution < 1.29 is 83.9 Å². The van der Waals surface area contributed by atoms with Crippen LogP contribution < -0.4 is 45.7 Å². The van der Waals surface area contributed by atoms with Crippen LogP contribution in [0.4, 0.5) is 5.13 Å². The van der Waals surface area contributed by atoms with Crippen LogP contribution in [-0.4, -0.2) is 114 Å². The number of halogens is 1. The maximum absolute atomic E-state index is 13.3. The normalized spacial score (nSPS) is 17.3. The number of rotatable bonds is 13. The predicted molar refractivity (Wildman–Crippen MR) is 172 cm³/mol. The van der Waals surface area contributed by atoms with Gasteiger partial charge in [0, 0.05) is 28.5 Å². The number of nitrogens with one attached hydrogen (secondary N) is 1. The number of phenols is 2. The van der Waals surface area contributed by atoms with E-state index in [0.29, 0.717) is 0 Å². The Kier molecular flexibility index (Phi) is 12.2. The standard InChI is InChI=1S/C26H24ClN9O11S3.Na/c1-26(2,23(45)46)47-32-15(10-7-49-24(28)29-10)19(41)30-16-20(42)35-17(22(43)44)8(5-48-21(16)35)6-50-25-31-33-34-36(25)11-4-12(37)18(40)14(27)9(11)3-13(38)39;/h4,7,16,21,37,40H,3,5-6H2,1-2H3,(H2,28,29)(H,30,41)(H,38,39)(H,43,44)(H,45,46);/q;+1/p-1/b32-15-;/t16?,21-;/m0./s1. The Morgan fingerprint density at radius 3 is 2.59 bits per heavy atom. The van der Waals surface area contributed by atoms with E-state index in [9.17, 15) is 49.5 Å². The number of carboxylic acids is 3. The molecule has 1 unspecified atom stereocenters. The maximum Gasteiger partial charge on any atom is 1.00 e. The Morgan fingerprint density at radius 2 is 1.98 bits per heavy atom. The van der Waals surface area contributed by atoms with Gasteiger partial charge in [-0.2, -0.15) is 4.68 Å². The van der Waals surface area contributed by atoms with E-state index in [-0.39, 0.29) is 73.9 Å². The molecule has 5 rings (SSSR count). The number of thiazole rings is 1. The number of amides is 2. The van der Waals surface area contributed by atoms with Crippen molar-refractivity contribution in [3.63, 3.8) is 0 Å². The number of nitrogen functional groups attached to an aromatic ring is 1. The molecule has 0 aliphatic carbocycles. The summed E-state index contributed by atoms with van der Waals surface area (Å²) in [7, 11) is 0. The van der Waals surface area contributed by atoms with Crippen LogP contribution >= 0.6 is 46.5 Å². The number of aliphatic carboxylic acids is 3. The van der Waals surface area contributed by atoms with Gasteiger partial charge in [-0.3, -0.25) is 19.3 Å². The Hall–Kier alpha value is -4.13. The van der Waals surface area contributed by atoms with E-state index in [1.54, 1.807) is 0 Å². The van der Waals surface area contributed by atoms with Crippen molar-refractivity contribution >= 4 is 87.0 Å². The minimum atomic E-state index is -1.83. The molecule has 2 aliphatic rings. The van der Waals surface area contributed by atoms with Gasteiger partial charge in [-0.05, 0) is 29.8 Å². The second-order valence-corrected chi connectivity index (χ2v) is 14.1. The third kappa shape index (κ3) is 8.03. The number of β-lactam (4-membered cyclic amide) rings is 1. The number of carbonyl (C=O) groups excluding carboxylic acids is 3. The van der Waals surface area contributed by atoms with Gasteiger partial charge < -0.3 is 46.2 Å². The largest absolute Gasteiger partial charge is 1.00 e. The Morgan fingerprint density at radius 1 is 1.27 bits per heavy atom. The van der Waals surface area contributed by atoms with E-state index >= 15 is 0 Å². The number of hydrogen-bond acceptors (Lipinski definition) is 18. The smallest absolute Gasteiger partial charge is 0.543 e. The van der Waals surface area contributed by atoms with Crippen LogP contribution in [0.1, 0.15) is 25.1 Å². The van der Waals surface area contributed by atoms with Crippen molar-refractivity contribution in [1.82, 2.24) is 35.4 Å². The Balaban J connectivity index is 0.00000583. The molecule has 1 saturated heterocycles. The molecule has 1 aromatic carbocycles. The number of thioether (sulfide) groups is 2. The summed E-state index contributed by atoms with van der Waals surface area (Å²) in [6.45, 7) is 2.40. The molecule has 3 aromatic rings. The van der Waals surface area contributed by atoms with Gasteiger partial charge in [0.2, 0.25) is 10.8 Å². The number of hydrogen-bond donors (Lipinski definition) is 6. The first-order chi connectivity index (χ1) is 23.5. The summed E-state index contributed by atoms with van der Waals surface area (Å²) < 4.78 is 1.04. The van der Waals surface area contributed by atoms with Crippen molar-refractivity contribution in [1.29, 1.82) is 0 Å². The molecule has 2 aromatic heterocycles. The van der Waals surface area contributed by atoms with Gasteiger partial charge in [0.1, 0.15) is 17.1 Å². The quantitative estimate of drug-likeness (QED) is 0.0241. The monoisotopic (exact) mass is 791 g/mol. The number of oxime groups is 1. The van der Waals surface area contributed by atoms with Gasteiger partial charge in [-0.15, -0.1) is 28.2 Å². The Bertz CT molecular complexity index is 2000. The number of nitrogens with zero attached hydrogens (tertiary/aromatic N) is 7. The fourth-order valence-corrected chi connectivity index (χ4v) is 7.70. The van der Waals surface area contributed by atoms with E-state index < -0.39 is 81.1 Å². The molecule has 7 N–H and O–H groups in total. The van der Waals surface area contributed by atoms with Gasteiger partial charge in [0.15, 0.2) is 22.3 Å². The number of carboxylic acid groups (broad SMARTS) is 3. The van der Waals surface area contributed by atoms with Crippen molar-refractivity contribution in [3.8, 4) is 17.2 Å². The fourth-order valence-electron chi connectivity index (χ4n) is 4.52. The van der Waals surface area contributed by atoms with Crippen LogP contribution in [0.5, 0.6) is 11.5 Å². The zero-order chi connectivity index (χ0) is 36.7. The number of phenolic OH excluding ortho intramolecular Hbond substituents is 2. The summed E-state index contributed by atoms with van der Waals surface area (Å²) in [5.74, 6) is -7.59. The van der Waals surface area contributed by atoms with E-state index in [2.05, 4.69) is 31.0 Å². The van der Waals surface area contributed by atoms with Gasteiger partial charge in [-0.1, -0.05) is 28.5 Å². The third-order valence-corrected chi connectivity index (χ3v) is 10.5. The summed E-state index contributed by atoms with van der Waals surface area (Å²) >= 11 is 9.11. The van der Waals surface area contributed by atoms with Crippen LogP contribution in [0.15, 0.2) is 33.0 Å². The van der Waals surface area contributed by atoms with Gasteiger partial charge in [-0.25, -0.2) is 9.78 Å². The summed E-state index contributed by atoms with van der Waals surface area (Å²) in [6.07, 6.45) is -0.669. The molecule has 2 atom stereocenters. The molecule has 25 heteroatoms. The van der Waals surface area contributed by atoms with E-state index in [0.717, 1.165) is 50.5 Å². The van der Waals surface area contributed by atoms with Gasteiger partial charge in [0.05, 0.1) is 28.8 Å². The molecule has 51 heavy (non-hydrogen) atoms. The third-order valence-electron chi connectivity index (χ3n) is 7.06. The first-order valence-corrected chi connectivity index (χ1v) is 17.1. The number of fused-ring (bicyclic) bond motifs is 1. The van der Waals surface area contributed by atoms with Crippen LogP contribution in [0, 0.1) is 0 Å². The van der Waals surface area contributed by atoms with Crippen LogP contribution in [0.3, 0.4) is 0 Å². The number of tetrazole rings is 1. The second-order valence-electron chi connectivity index (χ2n) is 10.8. The molecule has 0 bridgehead atoms.